The summed E-state index contributed by atoms with van der Waals surface area (Å²) in [7, 11) is 0. The summed E-state index contributed by atoms with van der Waals surface area (Å²) in [5, 5.41) is 10.1. The lowest BCUT2D eigenvalue weighted by Gasteiger charge is -2.38. The molecule has 0 amide bonds. The minimum absolute atomic E-state index is 0.0116. The molecular formula is C41H38F12O7. The first kappa shape index (κ1) is 46.2. The van der Waals surface area contributed by atoms with Crippen LogP contribution in [-0.2, 0) is 20.3 Å². The molecule has 0 saturated carbocycles. The van der Waals surface area contributed by atoms with Gasteiger partial charge in [-0.3, -0.25) is 0 Å². The smallest absolute Gasteiger partial charge is 0.411 e. The van der Waals surface area contributed by atoms with E-state index in [9.17, 15) is 57.8 Å². The molecule has 328 valence electrons. The Labute approximate surface area is 335 Å². The molecule has 0 spiro atoms. The van der Waals surface area contributed by atoms with Gasteiger partial charge in [0.05, 0.1) is 13.2 Å². The van der Waals surface area contributed by atoms with Crippen molar-refractivity contribution < 1.29 is 86.2 Å². The van der Waals surface area contributed by atoms with Gasteiger partial charge in [0.25, 0.3) is 0 Å². The zero-order valence-electron chi connectivity index (χ0n) is 31.6. The van der Waals surface area contributed by atoms with Gasteiger partial charge in [0.2, 0.25) is 5.41 Å². The van der Waals surface area contributed by atoms with Crippen molar-refractivity contribution in [3.63, 3.8) is 0 Å². The molecule has 60 heavy (non-hydrogen) atoms. The highest BCUT2D eigenvalue weighted by atomic mass is 19.4. The molecule has 19 heteroatoms. The number of hydrogen-bond donors (Lipinski definition) is 1. The normalized spacial score (nSPS) is 17.5. The summed E-state index contributed by atoms with van der Waals surface area (Å²) in [5.41, 5.74) is -10.7. The maximum atomic E-state index is 14.4. The Hall–Kier alpha value is -4.88. The van der Waals surface area contributed by atoms with Crippen molar-refractivity contribution >= 4 is 0 Å². The molecule has 3 atom stereocenters. The highest BCUT2D eigenvalue weighted by molar-refractivity contribution is 5.47. The Morgan fingerprint density at radius 3 is 1.10 bits per heavy atom. The fourth-order valence-corrected chi connectivity index (χ4v) is 5.73. The van der Waals surface area contributed by atoms with Crippen LogP contribution in [0.2, 0.25) is 0 Å². The van der Waals surface area contributed by atoms with Crippen LogP contribution in [0.25, 0.3) is 0 Å². The number of aliphatic hydroxyl groups is 1. The van der Waals surface area contributed by atoms with E-state index >= 15 is 0 Å². The number of hydrogen-bond acceptors (Lipinski definition) is 7. The van der Waals surface area contributed by atoms with E-state index in [4.69, 9.17) is 28.4 Å². The molecule has 3 unspecified atom stereocenters. The molecule has 2 heterocycles. The number of rotatable bonds is 15. The van der Waals surface area contributed by atoms with E-state index in [0.717, 1.165) is 48.8 Å². The Morgan fingerprint density at radius 1 is 0.500 bits per heavy atom. The minimum atomic E-state index is -5.85. The van der Waals surface area contributed by atoms with Crippen molar-refractivity contribution in [2.24, 2.45) is 0 Å². The second-order valence-corrected chi connectivity index (χ2v) is 14.1. The quantitative estimate of drug-likeness (QED) is 0.0942. The summed E-state index contributed by atoms with van der Waals surface area (Å²) in [5.74, 6) is 0.531. The molecule has 2 aliphatic rings. The lowest BCUT2D eigenvalue weighted by Crippen LogP contribution is -2.54. The van der Waals surface area contributed by atoms with E-state index < -0.39 is 71.5 Å². The Kier molecular flexibility index (Phi) is 13.9. The van der Waals surface area contributed by atoms with E-state index in [2.05, 4.69) is 6.92 Å². The molecule has 0 aromatic heterocycles. The molecule has 4 aromatic rings. The Bertz CT molecular complexity index is 1930. The summed E-state index contributed by atoms with van der Waals surface area (Å²) in [6.07, 6.45) is -24.4. The van der Waals surface area contributed by atoms with Crippen LogP contribution in [0.15, 0.2) is 97.1 Å². The Morgan fingerprint density at radius 2 is 0.800 bits per heavy atom. The summed E-state index contributed by atoms with van der Waals surface area (Å²) in [6.45, 7) is 2.90. The number of aliphatic hydroxyl groups excluding tert-OH is 1. The first-order chi connectivity index (χ1) is 28.0. The summed E-state index contributed by atoms with van der Waals surface area (Å²) < 4.78 is 197. The molecule has 0 bridgehead atoms. The molecule has 2 saturated heterocycles. The maximum absolute atomic E-state index is 14.4. The topological polar surface area (TPSA) is 82.2 Å². The molecule has 1 N–H and O–H groups in total. The summed E-state index contributed by atoms with van der Waals surface area (Å²) >= 11 is 0. The lowest BCUT2D eigenvalue weighted by molar-refractivity contribution is -0.297. The molecular weight excluding hydrogens is 832 g/mol. The molecule has 0 aliphatic carbocycles. The van der Waals surface area contributed by atoms with E-state index in [-0.39, 0.29) is 36.9 Å². The van der Waals surface area contributed by atoms with Gasteiger partial charge < -0.3 is 33.5 Å². The SMILES string of the molecule is CC(c1ccc(OCC(O)COc2ccc(C(c3ccc(OCC4CO4)cc3)(C(F)(F)F)C(F)(F)F)cc2)cc1)(C(F)(F)F)C(F)(F)F.Cc1ccc(OCC2CO2)cc1. The zero-order valence-corrected chi connectivity index (χ0v) is 31.6. The first-order valence-electron chi connectivity index (χ1n) is 18.0. The Balaban J connectivity index is 0.000000482. The van der Waals surface area contributed by atoms with E-state index in [1.807, 2.05) is 24.3 Å². The largest absolute Gasteiger partial charge is 0.491 e. The number of epoxide rings is 2. The minimum Gasteiger partial charge on any atom is -0.491 e. The molecule has 4 aromatic carbocycles. The highest BCUT2D eigenvalue weighted by Crippen LogP contribution is 2.56. The van der Waals surface area contributed by atoms with E-state index in [0.29, 0.717) is 55.7 Å². The van der Waals surface area contributed by atoms with Crippen molar-refractivity contribution in [2.45, 2.75) is 67.7 Å². The first-order valence-corrected chi connectivity index (χ1v) is 18.0. The van der Waals surface area contributed by atoms with Gasteiger partial charge in [-0.05, 0) is 79.1 Å². The second-order valence-electron chi connectivity index (χ2n) is 14.1. The van der Waals surface area contributed by atoms with Crippen LogP contribution in [0, 0.1) is 6.92 Å². The second kappa shape index (κ2) is 18.0. The zero-order chi connectivity index (χ0) is 44.1. The predicted molar refractivity (Wildman–Crippen MR) is 190 cm³/mol. The van der Waals surface area contributed by atoms with Gasteiger partial charge in [-0.15, -0.1) is 0 Å². The van der Waals surface area contributed by atoms with Crippen LogP contribution in [0.3, 0.4) is 0 Å². The summed E-state index contributed by atoms with van der Waals surface area (Å²) in [6, 6.07) is 17.0. The number of aryl methyl sites for hydroxylation is 1. The van der Waals surface area contributed by atoms with Gasteiger partial charge in [0.1, 0.15) is 67.7 Å². The van der Waals surface area contributed by atoms with Gasteiger partial charge >= 0.3 is 24.7 Å². The third kappa shape index (κ3) is 10.9. The number of halogens is 12. The molecule has 0 radical (unpaired) electrons. The van der Waals surface area contributed by atoms with Crippen molar-refractivity contribution in [1.82, 2.24) is 0 Å². The van der Waals surface area contributed by atoms with Gasteiger partial charge in [-0.25, -0.2) is 0 Å². The van der Waals surface area contributed by atoms with Crippen LogP contribution in [0.1, 0.15) is 29.2 Å². The predicted octanol–water partition coefficient (Wildman–Crippen LogP) is 9.85. The van der Waals surface area contributed by atoms with Crippen molar-refractivity contribution in [1.29, 1.82) is 0 Å². The molecule has 7 nitrogen and oxygen atoms in total. The lowest BCUT2D eigenvalue weighted by atomic mass is 9.73. The average Bonchev–Trinajstić information content (AvgIpc) is 4.11. The summed E-state index contributed by atoms with van der Waals surface area (Å²) in [4.78, 5) is 0. The standard InChI is InChI=1S/C31H26F12O5.C10H12O2/c1-26(28(32,33)34,29(35,36)37)18-2-8-22(9-3-18)45-14-21(44)15-46-23-10-4-19(5-11-23)27(30(38,39)40,31(41,42)43)20-6-12-24(13-7-20)47-16-25-17-48-25;1-8-2-4-9(5-3-8)11-6-10-7-12-10/h2-13,21,25,44H,14-17H2,1H3;2-5,10H,6-7H2,1H3. The molecule has 2 fully saturated rings. The van der Waals surface area contributed by atoms with Crippen molar-refractivity contribution in [3.05, 3.63) is 119 Å². The molecule has 6 rings (SSSR count). The third-order valence-corrected chi connectivity index (χ3v) is 9.57. The van der Waals surface area contributed by atoms with Gasteiger partial charge in [-0.1, -0.05) is 54.1 Å². The van der Waals surface area contributed by atoms with Crippen LogP contribution < -0.4 is 18.9 Å². The highest BCUT2D eigenvalue weighted by Gasteiger charge is 2.72. The maximum Gasteiger partial charge on any atom is 0.411 e. The van der Waals surface area contributed by atoms with E-state index in [1.165, 1.54) is 5.56 Å². The van der Waals surface area contributed by atoms with Crippen LogP contribution >= 0.6 is 0 Å². The van der Waals surface area contributed by atoms with Crippen molar-refractivity contribution in [2.75, 3.05) is 39.6 Å². The molecule has 2 aliphatic heterocycles. The number of ether oxygens (including phenoxy) is 6. The fourth-order valence-electron chi connectivity index (χ4n) is 5.73. The van der Waals surface area contributed by atoms with Gasteiger partial charge in [0, 0.05) is 0 Å². The number of benzene rings is 4. The van der Waals surface area contributed by atoms with Crippen LogP contribution in [-0.4, -0.2) is 87.8 Å². The van der Waals surface area contributed by atoms with Crippen LogP contribution in [0.4, 0.5) is 52.7 Å². The van der Waals surface area contributed by atoms with Gasteiger partial charge in [-0.2, -0.15) is 52.7 Å². The van der Waals surface area contributed by atoms with Crippen LogP contribution in [0.5, 0.6) is 23.0 Å². The fraction of sp³-hybridized carbons (Fsp3) is 0.415. The van der Waals surface area contributed by atoms with E-state index in [1.54, 1.807) is 0 Å². The van der Waals surface area contributed by atoms with Gasteiger partial charge in [0.15, 0.2) is 5.41 Å². The van der Waals surface area contributed by atoms with Crippen molar-refractivity contribution in [3.8, 4) is 23.0 Å². The number of alkyl halides is 12. The third-order valence-electron chi connectivity index (χ3n) is 9.57. The monoisotopic (exact) mass is 870 g/mol. The average molecular weight is 871 g/mol.